The highest BCUT2D eigenvalue weighted by Gasteiger charge is 2.33. The molecule has 0 radical (unpaired) electrons. The van der Waals surface area contributed by atoms with Crippen molar-refractivity contribution in [3.05, 3.63) is 64.9 Å². The summed E-state index contributed by atoms with van der Waals surface area (Å²) in [5, 5.41) is 3.26. The van der Waals surface area contributed by atoms with Crippen LogP contribution in [-0.2, 0) is 14.8 Å². The van der Waals surface area contributed by atoms with Gasteiger partial charge in [0.15, 0.2) is 0 Å². The van der Waals surface area contributed by atoms with Crippen LogP contribution in [-0.4, -0.2) is 31.7 Å². The maximum absolute atomic E-state index is 13.9. The van der Waals surface area contributed by atoms with Crippen molar-refractivity contribution in [3.63, 3.8) is 0 Å². The van der Waals surface area contributed by atoms with Crippen molar-refractivity contribution in [2.75, 3.05) is 13.1 Å². The summed E-state index contributed by atoms with van der Waals surface area (Å²) in [6.07, 6.45) is 1.17. The molecule has 2 aromatic carbocycles. The monoisotopic (exact) mass is 424 g/mol. The normalized spacial score (nSPS) is 19.2. The Morgan fingerprint density at radius 3 is 2.57 bits per heavy atom. The SMILES string of the molecule is CC(NC(=O)C1CCCN(S(=O)(=O)c2ccc(Cl)cc2)C1)c1ccccc1F. The molecule has 1 fully saturated rings. The molecule has 0 aliphatic carbocycles. The fraction of sp³-hybridized carbons (Fsp3) is 0.350. The Balaban J connectivity index is 1.69. The number of piperidine rings is 1. The Hall–Kier alpha value is -1.96. The van der Waals surface area contributed by atoms with E-state index in [9.17, 15) is 17.6 Å². The predicted molar refractivity (Wildman–Crippen MR) is 106 cm³/mol. The third-order valence-electron chi connectivity index (χ3n) is 4.94. The molecule has 8 heteroatoms. The summed E-state index contributed by atoms with van der Waals surface area (Å²) < 4.78 is 41.0. The molecule has 0 bridgehead atoms. The summed E-state index contributed by atoms with van der Waals surface area (Å²) >= 11 is 5.83. The Kier molecular flexibility index (Phi) is 6.37. The number of rotatable bonds is 5. The average Bonchev–Trinajstić information content (AvgIpc) is 2.68. The zero-order valence-electron chi connectivity index (χ0n) is 15.4. The van der Waals surface area contributed by atoms with E-state index in [4.69, 9.17) is 11.6 Å². The average molecular weight is 425 g/mol. The minimum Gasteiger partial charge on any atom is -0.349 e. The lowest BCUT2D eigenvalue weighted by molar-refractivity contribution is -0.126. The van der Waals surface area contributed by atoms with Crippen LogP contribution in [0.25, 0.3) is 0 Å². The molecule has 1 amide bonds. The molecule has 0 spiro atoms. The van der Waals surface area contributed by atoms with Crippen LogP contribution in [0.5, 0.6) is 0 Å². The highest BCUT2D eigenvalue weighted by molar-refractivity contribution is 7.89. The summed E-state index contributed by atoms with van der Waals surface area (Å²) in [5.41, 5.74) is 0.400. The Morgan fingerprint density at radius 2 is 1.89 bits per heavy atom. The minimum absolute atomic E-state index is 0.0980. The van der Waals surface area contributed by atoms with E-state index in [0.717, 1.165) is 0 Å². The number of amides is 1. The first-order chi connectivity index (χ1) is 13.3. The first kappa shape index (κ1) is 20.8. The van der Waals surface area contributed by atoms with Crippen LogP contribution in [0.3, 0.4) is 0 Å². The van der Waals surface area contributed by atoms with Gasteiger partial charge in [0.1, 0.15) is 5.82 Å². The lowest BCUT2D eigenvalue weighted by atomic mass is 9.98. The molecule has 2 aromatic rings. The number of carbonyl (C=O) groups excluding carboxylic acids is 1. The van der Waals surface area contributed by atoms with Gasteiger partial charge in [0.25, 0.3) is 0 Å². The Morgan fingerprint density at radius 1 is 1.21 bits per heavy atom. The van der Waals surface area contributed by atoms with E-state index in [1.54, 1.807) is 25.1 Å². The molecule has 0 saturated carbocycles. The van der Waals surface area contributed by atoms with Gasteiger partial charge in [0.05, 0.1) is 16.9 Å². The van der Waals surface area contributed by atoms with E-state index in [2.05, 4.69) is 5.32 Å². The zero-order chi connectivity index (χ0) is 20.3. The van der Waals surface area contributed by atoms with Gasteiger partial charge in [-0.05, 0) is 50.1 Å². The highest BCUT2D eigenvalue weighted by Crippen LogP contribution is 2.26. The predicted octanol–water partition coefficient (Wildman–Crippen LogP) is 3.76. The molecule has 1 N–H and O–H groups in total. The largest absolute Gasteiger partial charge is 0.349 e. The Bertz CT molecular complexity index is 950. The quantitative estimate of drug-likeness (QED) is 0.794. The molecule has 0 aromatic heterocycles. The van der Waals surface area contributed by atoms with Crippen molar-refractivity contribution in [1.29, 1.82) is 0 Å². The number of sulfonamides is 1. The molecule has 3 rings (SSSR count). The van der Waals surface area contributed by atoms with E-state index in [0.29, 0.717) is 30.0 Å². The van der Waals surface area contributed by atoms with Gasteiger partial charge in [-0.2, -0.15) is 4.31 Å². The van der Waals surface area contributed by atoms with Crippen molar-refractivity contribution >= 4 is 27.5 Å². The number of hydrogen-bond donors (Lipinski definition) is 1. The molecule has 28 heavy (non-hydrogen) atoms. The van der Waals surface area contributed by atoms with Gasteiger partial charge in [-0.1, -0.05) is 29.8 Å². The highest BCUT2D eigenvalue weighted by atomic mass is 35.5. The second-order valence-corrected chi connectivity index (χ2v) is 9.28. The fourth-order valence-corrected chi connectivity index (χ4v) is 5.02. The molecule has 1 aliphatic heterocycles. The van der Waals surface area contributed by atoms with Crippen LogP contribution < -0.4 is 5.32 Å². The number of halogens is 2. The molecule has 1 saturated heterocycles. The number of carbonyl (C=O) groups is 1. The zero-order valence-corrected chi connectivity index (χ0v) is 17.0. The molecular weight excluding hydrogens is 403 g/mol. The molecular formula is C20H22ClFN2O3S. The van der Waals surface area contributed by atoms with Crippen molar-refractivity contribution in [2.45, 2.75) is 30.7 Å². The van der Waals surface area contributed by atoms with Crippen molar-refractivity contribution in [1.82, 2.24) is 9.62 Å². The minimum atomic E-state index is -3.70. The maximum atomic E-state index is 13.9. The van der Waals surface area contributed by atoms with Gasteiger partial charge in [0, 0.05) is 23.7 Å². The van der Waals surface area contributed by atoms with E-state index < -0.39 is 22.0 Å². The molecule has 150 valence electrons. The van der Waals surface area contributed by atoms with E-state index in [-0.39, 0.29) is 23.2 Å². The summed E-state index contributed by atoms with van der Waals surface area (Å²) in [7, 11) is -3.70. The maximum Gasteiger partial charge on any atom is 0.243 e. The molecule has 2 atom stereocenters. The van der Waals surface area contributed by atoms with Crippen LogP contribution in [0.1, 0.15) is 31.4 Å². The second kappa shape index (κ2) is 8.59. The summed E-state index contributed by atoms with van der Waals surface area (Å²) in [5.74, 6) is -1.14. The fourth-order valence-electron chi connectivity index (χ4n) is 3.37. The van der Waals surface area contributed by atoms with Crippen LogP contribution in [0, 0.1) is 11.7 Å². The van der Waals surface area contributed by atoms with Crippen LogP contribution >= 0.6 is 11.6 Å². The van der Waals surface area contributed by atoms with Crippen molar-refractivity contribution in [3.8, 4) is 0 Å². The van der Waals surface area contributed by atoms with Gasteiger partial charge in [-0.15, -0.1) is 0 Å². The third-order valence-corrected chi connectivity index (χ3v) is 7.07. The van der Waals surface area contributed by atoms with Gasteiger partial charge < -0.3 is 5.32 Å². The van der Waals surface area contributed by atoms with E-state index >= 15 is 0 Å². The van der Waals surface area contributed by atoms with E-state index in [1.807, 2.05) is 0 Å². The van der Waals surface area contributed by atoms with Crippen molar-refractivity contribution in [2.24, 2.45) is 5.92 Å². The second-order valence-electron chi connectivity index (χ2n) is 6.91. The summed E-state index contributed by atoms with van der Waals surface area (Å²) in [6, 6.07) is 11.7. The van der Waals surface area contributed by atoms with Crippen LogP contribution in [0.4, 0.5) is 4.39 Å². The first-order valence-corrected chi connectivity index (χ1v) is 10.9. The van der Waals surface area contributed by atoms with Gasteiger partial charge in [0.2, 0.25) is 15.9 Å². The lowest BCUT2D eigenvalue weighted by Gasteiger charge is -2.32. The number of hydrogen-bond acceptors (Lipinski definition) is 3. The van der Waals surface area contributed by atoms with E-state index in [1.165, 1.54) is 34.6 Å². The van der Waals surface area contributed by atoms with Crippen LogP contribution in [0.2, 0.25) is 5.02 Å². The first-order valence-electron chi connectivity index (χ1n) is 9.09. The third kappa shape index (κ3) is 4.54. The van der Waals surface area contributed by atoms with Gasteiger partial charge >= 0.3 is 0 Å². The standard InChI is InChI=1S/C20H22ClFN2O3S/c1-14(18-6-2-3-7-19(18)22)23-20(25)15-5-4-12-24(13-15)28(26,27)17-10-8-16(21)9-11-17/h2-3,6-11,14-15H,4-5,12-13H2,1H3,(H,23,25). The summed E-state index contributed by atoms with van der Waals surface area (Å²) in [6.45, 7) is 2.17. The number of nitrogens with zero attached hydrogens (tertiary/aromatic N) is 1. The smallest absolute Gasteiger partial charge is 0.243 e. The topological polar surface area (TPSA) is 66.5 Å². The van der Waals surface area contributed by atoms with Crippen LogP contribution in [0.15, 0.2) is 53.4 Å². The molecule has 1 aliphatic rings. The lowest BCUT2D eigenvalue weighted by Crippen LogP contribution is -2.45. The van der Waals surface area contributed by atoms with Gasteiger partial charge in [-0.3, -0.25) is 4.79 Å². The summed E-state index contributed by atoms with van der Waals surface area (Å²) in [4.78, 5) is 12.8. The number of nitrogens with one attached hydrogen (secondary N) is 1. The number of benzene rings is 2. The van der Waals surface area contributed by atoms with Crippen molar-refractivity contribution < 1.29 is 17.6 Å². The molecule has 5 nitrogen and oxygen atoms in total. The molecule has 1 heterocycles. The van der Waals surface area contributed by atoms with Gasteiger partial charge in [-0.25, -0.2) is 12.8 Å². The molecule has 2 unspecified atom stereocenters. The Labute approximate surface area is 169 Å².